The van der Waals surface area contributed by atoms with Crippen LogP contribution >= 0.6 is 12.2 Å². The van der Waals surface area contributed by atoms with Crippen LogP contribution in [0.15, 0.2) is 28.2 Å². The van der Waals surface area contributed by atoms with Crippen LogP contribution in [0, 0.1) is 14.9 Å². The SMILES string of the molecule is COc1cc([N+](=O)[O-])c(/C=N/n2c(=O)cn[nH]c2=S)cc1O. The molecule has 11 heteroatoms. The van der Waals surface area contributed by atoms with E-state index in [1.165, 1.54) is 7.11 Å². The van der Waals surface area contributed by atoms with Crippen LogP contribution < -0.4 is 10.3 Å². The number of nitrogens with zero attached hydrogens (tertiary/aromatic N) is 4. The minimum Gasteiger partial charge on any atom is -0.504 e. The molecule has 2 N–H and O–H groups in total. The highest BCUT2D eigenvalue weighted by molar-refractivity contribution is 7.71. The first-order chi connectivity index (χ1) is 10.4. The van der Waals surface area contributed by atoms with E-state index in [2.05, 4.69) is 15.3 Å². The van der Waals surface area contributed by atoms with Crippen LogP contribution in [0.25, 0.3) is 0 Å². The van der Waals surface area contributed by atoms with Crippen LogP contribution in [0.1, 0.15) is 5.56 Å². The quantitative estimate of drug-likeness (QED) is 0.367. The van der Waals surface area contributed by atoms with E-state index in [0.717, 1.165) is 29.2 Å². The summed E-state index contributed by atoms with van der Waals surface area (Å²) >= 11 is 4.83. The molecule has 1 aromatic heterocycles. The Hall–Kier alpha value is -3.08. The van der Waals surface area contributed by atoms with Gasteiger partial charge in [0.25, 0.3) is 11.2 Å². The Balaban J connectivity index is 2.56. The molecule has 0 fully saturated rings. The van der Waals surface area contributed by atoms with Crippen LogP contribution in [0.5, 0.6) is 11.5 Å². The molecule has 0 radical (unpaired) electrons. The Morgan fingerprint density at radius 3 is 2.91 bits per heavy atom. The number of hydrogen-bond donors (Lipinski definition) is 2. The third-order valence-electron chi connectivity index (χ3n) is 2.57. The van der Waals surface area contributed by atoms with Gasteiger partial charge in [0.1, 0.15) is 6.20 Å². The summed E-state index contributed by atoms with van der Waals surface area (Å²) in [6.07, 6.45) is 1.98. The zero-order chi connectivity index (χ0) is 16.3. The second kappa shape index (κ2) is 6.13. The monoisotopic (exact) mass is 323 g/mol. The third kappa shape index (κ3) is 2.98. The maximum Gasteiger partial charge on any atom is 0.293 e. The van der Waals surface area contributed by atoms with Crippen molar-refractivity contribution in [3.63, 3.8) is 0 Å². The number of ether oxygens (including phenoxy) is 1. The summed E-state index contributed by atoms with van der Waals surface area (Å²) in [5, 5.41) is 30.3. The van der Waals surface area contributed by atoms with Gasteiger partial charge >= 0.3 is 0 Å². The molecule has 22 heavy (non-hydrogen) atoms. The molecule has 114 valence electrons. The maximum atomic E-state index is 11.5. The van der Waals surface area contributed by atoms with E-state index in [1.807, 2.05) is 0 Å². The normalized spacial score (nSPS) is 10.8. The molecule has 0 atom stereocenters. The minimum absolute atomic E-state index is 0.0265. The lowest BCUT2D eigenvalue weighted by atomic mass is 10.1. The molecule has 2 aromatic rings. The number of phenols is 1. The Bertz CT molecular complexity index is 844. The molecule has 10 nitrogen and oxygen atoms in total. The Morgan fingerprint density at radius 1 is 1.59 bits per heavy atom. The van der Waals surface area contributed by atoms with Gasteiger partial charge in [-0.05, 0) is 18.3 Å². The largest absolute Gasteiger partial charge is 0.504 e. The molecular formula is C11H9N5O5S. The van der Waals surface area contributed by atoms with Crippen molar-refractivity contribution >= 4 is 24.1 Å². The van der Waals surface area contributed by atoms with Crippen molar-refractivity contribution in [2.45, 2.75) is 0 Å². The number of aromatic hydroxyl groups is 1. The number of aromatic amines is 1. The van der Waals surface area contributed by atoms with Gasteiger partial charge < -0.3 is 9.84 Å². The highest BCUT2D eigenvalue weighted by Gasteiger charge is 2.17. The molecule has 1 aromatic carbocycles. The van der Waals surface area contributed by atoms with E-state index < -0.39 is 10.5 Å². The molecule has 0 unspecified atom stereocenters. The van der Waals surface area contributed by atoms with Gasteiger partial charge in [0.05, 0.1) is 29.9 Å². The van der Waals surface area contributed by atoms with Crippen molar-refractivity contribution in [2.24, 2.45) is 5.10 Å². The lowest BCUT2D eigenvalue weighted by Gasteiger charge is -2.05. The molecule has 0 aliphatic carbocycles. The lowest BCUT2D eigenvalue weighted by molar-refractivity contribution is -0.385. The Morgan fingerprint density at radius 2 is 2.32 bits per heavy atom. The molecular weight excluding hydrogens is 314 g/mol. The first kappa shape index (κ1) is 15.3. The Labute approximate surface area is 127 Å². The third-order valence-corrected chi connectivity index (χ3v) is 2.84. The average Bonchev–Trinajstić information content (AvgIpc) is 2.46. The molecule has 0 spiro atoms. The smallest absolute Gasteiger partial charge is 0.293 e. The van der Waals surface area contributed by atoms with Crippen molar-refractivity contribution < 1.29 is 14.8 Å². The predicted molar refractivity (Wildman–Crippen MR) is 78.0 cm³/mol. The molecule has 0 saturated heterocycles. The molecule has 0 aliphatic rings. The van der Waals surface area contributed by atoms with Gasteiger partial charge in [0, 0.05) is 0 Å². The topological polar surface area (TPSA) is 136 Å². The van der Waals surface area contributed by atoms with Gasteiger partial charge in [-0.2, -0.15) is 14.9 Å². The molecule has 1 heterocycles. The summed E-state index contributed by atoms with van der Waals surface area (Å²) in [6, 6.07) is 2.15. The van der Waals surface area contributed by atoms with Crippen molar-refractivity contribution in [3.8, 4) is 11.5 Å². The fraction of sp³-hybridized carbons (Fsp3) is 0.0909. The van der Waals surface area contributed by atoms with E-state index in [9.17, 15) is 20.0 Å². The molecule has 0 amide bonds. The number of benzene rings is 1. The number of phenolic OH excluding ortho intramolecular Hbond substituents is 1. The van der Waals surface area contributed by atoms with Crippen LogP contribution in [0.2, 0.25) is 0 Å². The molecule has 0 aliphatic heterocycles. The Kier molecular flexibility index (Phi) is 4.27. The number of nitro benzene ring substituents is 1. The predicted octanol–water partition coefficient (Wildman–Crippen LogP) is 0.805. The van der Waals surface area contributed by atoms with E-state index in [-0.39, 0.29) is 27.5 Å². The van der Waals surface area contributed by atoms with Crippen LogP contribution in [0.4, 0.5) is 5.69 Å². The number of H-pyrrole nitrogens is 1. The molecule has 2 rings (SSSR count). The maximum absolute atomic E-state index is 11.5. The van der Waals surface area contributed by atoms with Crippen LogP contribution in [-0.2, 0) is 0 Å². The number of nitrogens with one attached hydrogen (secondary N) is 1. The van der Waals surface area contributed by atoms with Gasteiger partial charge in [-0.25, -0.2) is 0 Å². The zero-order valence-electron chi connectivity index (χ0n) is 11.1. The first-order valence-corrected chi connectivity index (χ1v) is 6.11. The average molecular weight is 323 g/mol. The lowest BCUT2D eigenvalue weighted by Crippen LogP contribution is -2.18. The van der Waals surface area contributed by atoms with Crippen molar-refractivity contribution in [3.05, 3.63) is 49.1 Å². The number of aromatic nitrogens is 3. The second-order valence-electron chi connectivity index (χ2n) is 3.91. The number of hydrogen-bond acceptors (Lipinski definition) is 8. The standard InChI is InChI=1S/C11H9N5O5S/c1-21-9-3-7(16(19)20)6(2-8(9)17)4-13-15-10(18)5-12-14-11(15)22/h2-5,17H,1H3,(H,14,22)/b13-4+. The number of rotatable bonds is 4. The fourth-order valence-electron chi connectivity index (χ4n) is 1.57. The second-order valence-corrected chi connectivity index (χ2v) is 4.30. The van der Waals surface area contributed by atoms with E-state index >= 15 is 0 Å². The van der Waals surface area contributed by atoms with Crippen molar-refractivity contribution in [2.75, 3.05) is 7.11 Å². The highest BCUT2D eigenvalue weighted by Crippen LogP contribution is 2.32. The van der Waals surface area contributed by atoms with E-state index in [4.69, 9.17) is 17.0 Å². The molecule has 0 bridgehead atoms. The van der Waals surface area contributed by atoms with Crippen LogP contribution in [0.3, 0.4) is 0 Å². The summed E-state index contributed by atoms with van der Waals surface area (Å²) in [5.41, 5.74) is -0.989. The highest BCUT2D eigenvalue weighted by atomic mass is 32.1. The summed E-state index contributed by atoms with van der Waals surface area (Å²) in [5.74, 6) is -0.357. The summed E-state index contributed by atoms with van der Waals surface area (Å²) in [7, 11) is 1.27. The summed E-state index contributed by atoms with van der Waals surface area (Å²) in [6.45, 7) is 0. The zero-order valence-corrected chi connectivity index (χ0v) is 11.9. The van der Waals surface area contributed by atoms with Crippen LogP contribution in [-0.4, -0.2) is 38.2 Å². The van der Waals surface area contributed by atoms with Gasteiger partial charge in [0.15, 0.2) is 11.5 Å². The summed E-state index contributed by atoms with van der Waals surface area (Å²) < 4.78 is 5.53. The van der Waals surface area contributed by atoms with Crippen molar-refractivity contribution in [1.29, 1.82) is 0 Å². The van der Waals surface area contributed by atoms with Crippen molar-refractivity contribution in [1.82, 2.24) is 14.9 Å². The van der Waals surface area contributed by atoms with Gasteiger partial charge in [-0.3, -0.25) is 20.0 Å². The minimum atomic E-state index is -0.667. The van der Waals surface area contributed by atoms with Gasteiger partial charge in [-0.1, -0.05) is 0 Å². The molecule has 0 saturated carbocycles. The summed E-state index contributed by atoms with van der Waals surface area (Å²) in [4.78, 5) is 21.9. The van der Waals surface area contributed by atoms with Gasteiger partial charge in [-0.15, -0.1) is 0 Å². The first-order valence-electron chi connectivity index (χ1n) is 5.70. The number of nitro groups is 1. The van der Waals surface area contributed by atoms with E-state index in [1.54, 1.807) is 0 Å². The number of methoxy groups -OCH3 is 1. The van der Waals surface area contributed by atoms with Gasteiger partial charge in [0.2, 0.25) is 4.77 Å². The van der Waals surface area contributed by atoms with E-state index in [0.29, 0.717) is 0 Å². The fourth-order valence-corrected chi connectivity index (χ4v) is 1.76.